The zero-order valence-electron chi connectivity index (χ0n) is 39.5. The summed E-state index contributed by atoms with van der Waals surface area (Å²) in [5.41, 5.74) is 18.5. The van der Waals surface area contributed by atoms with E-state index in [4.69, 9.17) is 17.2 Å². The number of hydrogen-bond acceptors (Lipinski definition) is 12. The molecule has 2 aliphatic heterocycles. The first kappa shape index (κ1) is 54.1. The van der Waals surface area contributed by atoms with Gasteiger partial charge in [-0.25, -0.2) is 0 Å². The summed E-state index contributed by atoms with van der Waals surface area (Å²) < 4.78 is 0. The SMILES string of the molecule is CC(C)[C@H](NC(=O)[C@@H]1CCC(=O)N1)C(=O)N[C@@H](CC(N)=O)C(=O)N[C@@H](Cc1ccccc1)C(=O)N[C@H](C(=O)N1CCC[C@H]1C(=O)N[C@@H](CC(N)=O)C(=O)N[C@@H](Cc1c[nH]c2ccccc12)C(N)=O)[C@@H](C)O. The Morgan fingerprint density at radius 3 is 1.86 bits per heavy atom. The van der Waals surface area contributed by atoms with Crippen molar-refractivity contribution >= 4 is 75.9 Å². The minimum atomic E-state index is -1.72. The average molecular weight is 987 g/mol. The number of nitrogens with one attached hydrogen (secondary N) is 8. The van der Waals surface area contributed by atoms with Crippen molar-refractivity contribution in [2.45, 2.75) is 127 Å². The van der Waals surface area contributed by atoms with Crippen LogP contribution in [0.1, 0.15) is 70.4 Å². The molecule has 2 fully saturated rings. The van der Waals surface area contributed by atoms with Crippen molar-refractivity contribution in [2.24, 2.45) is 23.1 Å². The van der Waals surface area contributed by atoms with Crippen molar-refractivity contribution in [2.75, 3.05) is 6.54 Å². The lowest BCUT2D eigenvalue weighted by Crippen LogP contribution is -2.62. The lowest BCUT2D eigenvalue weighted by molar-refractivity contribution is -0.145. The standard InChI is InChI=1S/C47H62N12O12/c1-23(2)38(57-41(65)29-15-16-37(63)52-29)46(70)56-33(21-36(49)62)43(67)54-31(18-25-10-5-4-6-11-25)44(68)58-39(24(3)60)47(71)59-17-9-14-34(59)45(69)55-32(20-35(48)61)42(66)53-30(40(50)64)19-26-22-51-28-13-8-7-12-27(26)28/h4-8,10-13,22-24,29-34,38-39,51,60H,9,14-21H2,1-3H3,(H2,48,61)(H2,49,62)(H2,50,64)(H,52,63)(H,53,66)(H,54,67)(H,55,69)(H,56,70)(H,57,65)(H,58,68)/t24-,29+,30+,31+,32+,33+,34+,38+,39+/m1/s1. The van der Waals surface area contributed by atoms with Gasteiger partial charge in [-0.2, -0.15) is 0 Å². The fraction of sp³-hybridized carbons (Fsp3) is 0.468. The molecule has 0 saturated carbocycles. The van der Waals surface area contributed by atoms with E-state index in [0.717, 1.165) is 15.8 Å². The molecule has 0 unspecified atom stereocenters. The van der Waals surface area contributed by atoms with Crippen LogP contribution in [0.15, 0.2) is 60.8 Å². The van der Waals surface area contributed by atoms with Gasteiger partial charge < -0.3 is 69.4 Å². The summed E-state index contributed by atoms with van der Waals surface area (Å²) in [6.07, 6.45) is -0.956. The van der Waals surface area contributed by atoms with Crippen LogP contribution in [0.5, 0.6) is 0 Å². The van der Waals surface area contributed by atoms with Crippen molar-refractivity contribution < 1.29 is 57.8 Å². The largest absolute Gasteiger partial charge is 0.391 e. The highest BCUT2D eigenvalue weighted by Crippen LogP contribution is 2.22. The quantitative estimate of drug-likeness (QED) is 0.0415. The first-order valence-electron chi connectivity index (χ1n) is 23.2. The van der Waals surface area contributed by atoms with E-state index in [-0.39, 0.29) is 51.0 Å². The van der Waals surface area contributed by atoms with Gasteiger partial charge in [0.1, 0.15) is 48.3 Å². The predicted molar refractivity (Wildman–Crippen MR) is 253 cm³/mol. The molecule has 3 heterocycles. The third-order valence-electron chi connectivity index (χ3n) is 12.2. The highest BCUT2D eigenvalue weighted by Gasteiger charge is 2.42. The number of aromatic amines is 1. The molecule has 0 spiro atoms. The molecule has 15 N–H and O–H groups in total. The predicted octanol–water partition coefficient (Wildman–Crippen LogP) is -3.60. The van der Waals surface area contributed by atoms with Gasteiger partial charge in [-0.15, -0.1) is 0 Å². The number of hydrogen-bond donors (Lipinski definition) is 12. The van der Waals surface area contributed by atoms with E-state index in [9.17, 15) is 57.8 Å². The van der Waals surface area contributed by atoms with E-state index in [0.29, 0.717) is 11.1 Å². The van der Waals surface area contributed by atoms with Gasteiger partial charge in [0.2, 0.25) is 65.0 Å². The normalized spacial score (nSPS) is 18.4. The van der Waals surface area contributed by atoms with E-state index in [2.05, 4.69) is 42.2 Å². The number of para-hydroxylation sites is 1. The average Bonchev–Trinajstić information content (AvgIpc) is 4.09. The smallest absolute Gasteiger partial charge is 0.248 e. The molecule has 2 aliphatic rings. The molecule has 5 rings (SSSR count). The second-order valence-electron chi connectivity index (χ2n) is 18.0. The zero-order valence-corrected chi connectivity index (χ0v) is 39.5. The summed E-state index contributed by atoms with van der Waals surface area (Å²) in [5, 5.41) is 29.2. The number of aliphatic hydroxyl groups excluding tert-OH is 1. The van der Waals surface area contributed by atoms with E-state index in [1.54, 1.807) is 56.4 Å². The molecule has 1 aromatic heterocycles. The fourth-order valence-electron chi connectivity index (χ4n) is 8.42. The number of H-pyrrole nitrogens is 1. The highest BCUT2D eigenvalue weighted by molar-refractivity contribution is 6.00. The van der Waals surface area contributed by atoms with E-state index in [1.807, 2.05) is 18.2 Å². The van der Waals surface area contributed by atoms with Gasteiger partial charge in [-0.05, 0) is 49.3 Å². The zero-order chi connectivity index (χ0) is 52.1. The molecule has 24 nitrogen and oxygen atoms in total. The molecule has 382 valence electrons. The third-order valence-corrected chi connectivity index (χ3v) is 12.2. The Labute approximate surface area is 408 Å². The summed E-state index contributed by atoms with van der Waals surface area (Å²) in [4.78, 5) is 149. The number of fused-ring (bicyclic) bond motifs is 1. The van der Waals surface area contributed by atoms with Gasteiger partial charge in [-0.1, -0.05) is 62.4 Å². The Balaban J connectivity index is 1.30. The van der Waals surface area contributed by atoms with E-state index >= 15 is 0 Å². The lowest BCUT2D eigenvalue weighted by Gasteiger charge is -2.32. The Morgan fingerprint density at radius 1 is 0.676 bits per heavy atom. The van der Waals surface area contributed by atoms with Gasteiger partial charge in [0.05, 0.1) is 18.9 Å². The van der Waals surface area contributed by atoms with E-state index < -0.39 is 132 Å². The number of rotatable bonds is 24. The minimum Gasteiger partial charge on any atom is -0.391 e. The maximum Gasteiger partial charge on any atom is 0.248 e. The maximum atomic E-state index is 14.3. The molecule has 24 heteroatoms. The minimum absolute atomic E-state index is 0.0379. The molecular formula is C47H62N12O12. The Morgan fingerprint density at radius 2 is 1.27 bits per heavy atom. The number of amides is 11. The number of aromatic nitrogens is 1. The highest BCUT2D eigenvalue weighted by atomic mass is 16.3. The third kappa shape index (κ3) is 14.8. The van der Waals surface area contributed by atoms with Gasteiger partial charge in [0.25, 0.3) is 0 Å². The van der Waals surface area contributed by atoms with Gasteiger partial charge in [-0.3, -0.25) is 52.7 Å². The van der Waals surface area contributed by atoms with Crippen LogP contribution >= 0.6 is 0 Å². The van der Waals surface area contributed by atoms with Crippen LogP contribution in [0.3, 0.4) is 0 Å². The van der Waals surface area contributed by atoms with Gasteiger partial charge >= 0.3 is 0 Å². The molecule has 71 heavy (non-hydrogen) atoms. The second kappa shape index (κ2) is 24.6. The number of carbonyl (C=O) groups excluding carboxylic acids is 11. The number of nitrogens with two attached hydrogens (primary N) is 3. The van der Waals surface area contributed by atoms with Crippen LogP contribution in [0.4, 0.5) is 0 Å². The van der Waals surface area contributed by atoms with E-state index in [1.165, 1.54) is 6.92 Å². The number of benzene rings is 2. The summed E-state index contributed by atoms with van der Waals surface area (Å²) in [5.74, 6) is -10.1. The van der Waals surface area contributed by atoms with Crippen LogP contribution in [0.2, 0.25) is 0 Å². The summed E-state index contributed by atoms with van der Waals surface area (Å²) in [6, 6.07) is 4.36. The Bertz CT molecular complexity index is 2500. The molecule has 0 radical (unpaired) electrons. The maximum absolute atomic E-state index is 14.3. The van der Waals surface area contributed by atoms with Crippen molar-refractivity contribution in [3.63, 3.8) is 0 Å². The number of nitrogens with zero attached hydrogens (tertiary/aromatic N) is 1. The van der Waals surface area contributed by atoms with Gasteiger partial charge in [0, 0.05) is 42.9 Å². The molecule has 11 amide bonds. The summed E-state index contributed by atoms with van der Waals surface area (Å²) >= 11 is 0. The molecule has 2 saturated heterocycles. The van der Waals surface area contributed by atoms with Crippen molar-refractivity contribution in [3.8, 4) is 0 Å². The summed E-state index contributed by atoms with van der Waals surface area (Å²) in [6.45, 7) is 4.41. The molecule has 0 aliphatic carbocycles. The molecule has 9 atom stereocenters. The van der Waals surface area contributed by atoms with Crippen molar-refractivity contribution in [1.29, 1.82) is 0 Å². The summed E-state index contributed by atoms with van der Waals surface area (Å²) in [7, 11) is 0. The first-order chi connectivity index (χ1) is 33.6. The number of carbonyl (C=O) groups is 11. The lowest BCUT2D eigenvalue weighted by atomic mass is 10.0. The number of primary amides is 3. The van der Waals surface area contributed by atoms with Crippen molar-refractivity contribution in [1.82, 2.24) is 47.1 Å². The topological polar surface area (TPSA) is 389 Å². The Kier molecular flexibility index (Phi) is 18.7. The molecular weight excluding hydrogens is 925 g/mol. The first-order valence-corrected chi connectivity index (χ1v) is 23.2. The number of likely N-dealkylation sites (tertiary alicyclic amines) is 1. The number of aliphatic hydroxyl groups is 1. The van der Waals surface area contributed by atoms with Crippen LogP contribution < -0.4 is 54.4 Å². The monoisotopic (exact) mass is 986 g/mol. The van der Waals surface area contributed by atoms with Crippen LogP contribution in [-0.4, -0.2) is 141 Å². The fourth-order valence-corrected chi connectivity index (χ4v) is 8.42. The van der Waals surface area contributed by atoms with Crippen LogP contribution in [0, 0.1) is 5.92 Å². The van der Waals surface area contributed by atoms with Crippen LogP contribution in [-0.2, 0) is 65.6 Å². The molecule has 3 aromatic rings. The van der Waals surface area contributed by atoms with Gasteiger partial charge in [0.15, 0.2) is 0 Å². The molecule has 2 aromatic carbocycles. The van der Waals surface area contributed by atoms with Crippen molar-refractivity contribution in [3.05, 3.63) is 71.9 Å². The second-order valence-corrected chi connectivity index (χ2v) is 18.0. The Hall–Kier alpha value is -7.89. The van der Waals surface area contributed by atoms with Crippen LogP contribution in [0.25, 0.3) is 10.9 Å². The molecule has 0 bridgehead atoms.